The lowest BCUT2D eigenvalue weighted by Crippen LogP contribution is -2.36. The van der Waals surface area contributed by atoms with Gasteiger partial charge in [-0.25, -0.2) is 4.39 Å². The van der Waals surface area contributed by atoms with Gasteiger partial charge in [0.2, 0.25) is 5.91 Å². The van der Waals surface area contributed by atoms with E-state index in [1.165, 1.54) is 30.3 Å². The number of carbonyl (C=O) groups is 3. The van der Waals surface area contributed by atoms with Crippen molar-refractivity contribution in [2.75, 3.05) is 11.9 Å². The van der Waals surface area contributed by atoms with Crippen LogP contribution in [0.5, 0.6) is 0 Å². The fourth-order valence-electron chi connectivity index (χ4n) is 2.32. The van der Waals surface area contributed by atoms with Gasteiger partial charge < -0.3 is 5.32 Å². The van der Waals surface area contributed by atoms with E-state index in [0.29, 0.717) is 16.8 Å². The average molecular weight is 381 g/mol. The number of carbonyl (C=O) groups excluding carboxylic acids is 3. The molecule has 0 spiro atoms. The number of benzene rings is 2. The van der Waals surface area contributed by atoms with Crippen LogP contribution in [0.1, 0.15) is 11.1 Å². The van der Waals surface area contributed by atoms with Crippen LogP contribution in [0.15, 0.2) is 53.4 Å². The third kappa shape index (κ3) is 4.40. The van der Waals surface area contributed by atoms with Gasteiger partial charge in [0, 0.05) is 5.69 Å². The minimum atomic E-state index is -0.566. The molecule has 27 heavy (non-hydrogen) atoms. The van der Waals surface area contributed by atoms with E-state index in [4.69, 9.17) is 5.26 Å². The van der Waals surface area contributed by atoms with Crippen molar-refractivity contribution in [2.24, 2.45) is 0 Å². The highest BCUT2D eigenvalue weighted by Gasteiger charge is 2.36. The molecule has 1 fully saturated rings. The first-order valence-corrected chi connectivity index (χ1v) is 8.59. The van der Waals surface area contributed by atoms with Gasteiger partial charge in [-0.1, -0.05) is 12.1 Å². The van der Waals surface area contributed by atoms with Crippen LogP contribution < -0.4 is 5.32 Å². The summed E-state index contributed by atoms with van der Waals surface area (Å²) in [6.07, 6.45) is 1.53. The number of halogens is 1. The van der Waals surface area contributed by atoms with E-state index >= 15 is 0 Å². The van der Waals surface area contributed by atoms with Crippen molar-refractivity contribution in [1.82, 2.24) is 4.90 Å². The van der Waals surface area contributed by atoms with Crippen LogP contribution in [-0.4, -0.2) is 28.5 Å². The minimum Gasteiger partial charge on any atom is -0.325 e. The molecular weight excluding hydrogens is 369 g/mol. The molecule has 8 heteroatoms. The standard InChI is InChI=1S/C19H12FN3O3S/c20-14-5-7-15(8-6-14)22-17(24)11-23-18(25)16(27-19(23)26)9-12-1-3-13(10-21)4-2-12/h1-9H,11H2,(H,22,24). The molecular formula is C19H12FN3O3S. The third-order valence-corrected chi connectivity index (χ3v) is 4.55. The number of nitrogens with one attached hydrogen (secondary N) is 1. The quantitative estimate of drug-likeness (QED) is 0.820. The fourth-order valence-corrected chi connectivity index (χ4v) is 3.16. The molecule has 1 heterocycles. The molecule has 6 nitrogen and oxygen atoms in total. The number of nitriles is 1. The molecule has 0 atom stereocenters. The van der Waals surface area contributed by atoms with Crippen molar-refractivity contribution in [3.8, 4) is 6.07 Å². The number of rotatable bonds is 4. The van der Waals surface area contributed by atoms with Gasteiger partial charge in [0.25, 0.3) is 11.1 Å². The predicted molar refractivity (Wildman–Crippen MR) is 98.9 cm³/mol. The molecule has 0 saturated carbocycles. The van der Waals surface area contributed by atoms with Gasteiger partial charge in [0.15, 0.2) is 0 Å². The van der Waals surface area contributed by atoms with Gasteiger partial charge in [-0.2, -0.15) is 5.26 Å². The maximum atomic E-state index is 12.9. The Morgan fingerprint density at radius 3 is 2.44 bits per heavy atom. The average Bonchev–Trinajstić information content (AvgIpc) is 2.91. The Morgan fingerprint density at radius 1 is 1.15 bits per heavy atom. The SMILES string of the molecule is N#Cc1ccc(C=C2SC(=O)N(CC(=O)Nc3ccc(F)cc3)C2=O)cc1. The second kappa shape index (κ2) is 7.85. The summed E-state index contributed by atoms with van der Waals surface area (Å²) >= 11 is 0.741. The topological polar surface area (TPSA) is 90.3 Å². The molecule has 0 aromatic heterocycles. The summed E-state index contributed by atoms with van der Waals surface area (Å²) < 4.78 is 12.9. The maximum Gasteiger partial charge on any atom is 0.294 e. The molecule has 3 rings (SSSR count). The normalized spacial score (nSPS) is 15.1. The number of hydrogen-bond donors (Lipinski definition) is 1. The van der Waals surface area contributed by atoms with Crippen molar-refractivity contribution >= 4 is 40.6 Å². The van der Waals surface area contributed by atoms with Crippen molar-refractivity contribution in [3.63, 3.8) is 0 Å². The highest BCUT2D eigenvalue weighted by atomic mass is 32.2. The molecule has 1 saturated heterocycles. The Hall–Kier alpha value is -3.44. The number of imide groups is 1. The summed E-state index contributed by atoms with van der Waals surface area (Å²) in [4.78, 5) is 37.6. The maximum absolute atomic E-state index is 12.9. The van der Waals surface area contributed by atoms with E-state index in [1.54, 1.807) is 24.3 Å². The van der Waals surface area contributed by atoms with E-state index < -0.39 is 29.4 Å². The predicted octanol–water partition coefficient (Wildman–Crippen LogP) is 3.37. The molecule has 1 aliphatic heterocycles. The zero-order chi connectivity index (χ0) is 19.4. The lowest BCUT2D eigenvalue weighted by Gasteiger charge is -2.12. The van der Waals surface area contributed by atoms with Gasteiger partial charge in [-0.15, -0.1) is 0 Å². The zero-order valence-corrected chi connectivity index (χ0v) is 14.6. The van der Waals surface area contributed by atoms with Crippen LogP contribution >= 0.6 is 11.8 Å². The number of hydrogen-bond acceptors (Lipinski definition) is 5. The first-order valence-electron chi connectivity index (χ1n) is 7.77. The van der Waals surface area contributed by atoms with Gasteiger partial charge >= 0.3 is 0 Å². The van der Waals surface area contributed by atoms with Crippen LogP contribution in [0, 0.1) is 17.1 Å². The first kappa shape index (κ1) is 18.4. The first-order chi connectivity index (χ1) is 13.0. The second-order valence-electron chi connectivity index (χ2n) is 5.56. The molecule has 0 bridgehead atoms. The second-order valence-corrected chi connectivity index (χ2v) is 6.55. The summed E-state index contributed by atoms with van der Waals surface area (Å²) in [7, 11) is 0. The van der Waals surface area contributed by atoms with Gasteiger partial charge in [-0.05, 0) is 59.8 Å². The van der Waals surface area contributed by atoms with Crippen LogP contribution in [0.2, 0.25) is 0 Å². The Balaban J connectivity index is 1.68. The van der Waals surface area contributed by atoms with Crippen molar-refractivity contribution in [3.05, 3.63) is 70.4 Å². The monoisotopic (exact) mass is 381 g/mol. The molecule has 0 radical (unpaired) electrons. The number of thioether (sulfide) groups is 1. The molecule has 134 valence electrons. The Kier molecular flexibility index (Phi) is 5.33. The number of anilines is 1. The smallest absolute Gasteiger partial charge is 0.294 e. The Bertz CT molecular complexity index is 979. The largest absolute Gasteiger partial charge is 0.325 e. The highest BCUT2D eigenvalue weighted by molar-refractivity contribution is 8.18. The molecule has 2 aromatic carbocycles. The van der Waals surface area contributed by atoms with E-state index in [9.17, 15) is 18.8 Å². The zero-order valence-electron chi connectivity index (χ0n) is 13.8. The highest BCUT2D eigenvalue weighted by Crippen LogP contribution is 2.32. The van der Waals surface area contributed by atoms with E-state index in [0.717, 1.165) is 16.7 Å². The Morgan fingerprint density at radius 2 is 1.81 bits per heavy atom. The summed E-state index contributed by atoms with van der Waals surface area (Å²) in [5.74, 6) is -1.57. The summed E-state index contributed by atoms with van der Waals surface area (Å²) in [5, 5.41) is 10.8. The molecule has 3 amide bonds. The van der Waals surface area contributed by atoms with E-state index in [1.807, 2.05) is 6.07 Å². The molecule has 1 aliphatic rings. The van der Waals surface area contributed by atoms with E-state index in [-0.39, 0.29) is 4.91 Å². The Labute approximate surface area is 158 Å². The van der Waals surface area contributed by atoms with Crippen LogP contribution in [0.3, 0.4) is 0 Å². The number of amides is 3. The van der Waals surface area contributed by atoms with Gasteiger partial charge in [0.1, 0.15) is 12.4 Å². The van der Waals surface area contributed by atoms with Crippen molar-refractivity contribution in [1.29, 1.82) is 5.26 Å². The lowest BCUT2D eigenvalue weighted by atomic mass is 10.1. The summed E-state index contributed by atoms with van der Waals surface area (Å²) in [6, 6.07) is 13.7. The summed E-state index contributed by atoms with van der Waals surface area (Å²) in [5.41, 5.74) is 1.51. The minimum absolute atomic E-state index is 0.194. The van der Waals surface area contributed by atoms with Crippen molar-refractivity contribution < 1.29 is 18.8 Å². The molecule has 0 aliphatic carbocycles. The molecule has 1 N–H and O–H groups in total. The number of nitrogens with zero attached hydrogens (tertiary/aromatic N) is 2. The van der Waals surface area contributed by atoms with Crippen LogP contribution in [0.4, 0.5) is 14.9 Å². The molecule has 2 aromatic rings. The molecule has 0 unspecified atom stereocenters. The van der Waals surface area contributed by atoms with Crippen molar-refractivity contribution in [2.45, 2.75) is 0 Å². The van der Waals surface area contributed by atoms with Gasteiger partial charge in [0.05, 0.1) is 16.5 Å². The van der Waals surface area contributed by atoms with Crippen LogP contribution in [0.25, 0.3) is 6.08 Å². The van der Waals surface area contributed by atoms with Crippen LogP contribution in [-0.2, 0) is 9.59 Å². The fraction of sp³-hybridized carbons (Fsp3) is 0.0526. The van der Waals surface area contributed by atoms with E-state index in [2.05, 4.69) is 5.32 Å². The lowest BCUT2D eigenvalue weighted by molar-refractivity contribution is -0.127. The van der Waals surface area contributed by atoms with Gasteiger partial charge in [-0.3, -0.25) is 19.3 Å². The summed E-state index contributed by atoms with van der Waals surface area (Å²) in [6.45, 7) is -0.438. The third-order valence-electron chi connectivity index (χ3n) is 3.64.